The summed E-state index contributed by atoms with van der Waals surface area (Å²) in [6.45, 7) is 5.64. The Balaban J connectivity index is 2.66. The van der Waals surface area contributed by atoms with Crippen LogP contribution in [0.15, 0.2) is 134 Å². The first kappa shape index (κ1) is 80.8. The summed E-state index contributed by atoms with van der Waals surface area (Å²) < 4.78 is 17.7. The zero-order valence-corrected chi connectivity index (χ0v) is 55.1. The van der Waals surface area contributed by atoms with Crippen molar-refractivity contribution in [2.75, 3.05) is 13.2 Å². The summed E-state index contributed by atoms with van der Waals surface area (Å²) >= 11 is 0. The molecule has 1 amide bonds. The highest BCUT2D eigenvalue weighted by Crippen LogP contribution is 2.26. The molecule has 0 aromatic rings. The third-order valence-electron chi connectivity index (χ3n) is 15.5. The van der Waals surface area contributed by atoms with Crippen molar-refractivity contribution in [3.63, 3.8) is 0 Å². The number of allylic oxidation sites excluding steroid dienone is 21. The van der Waals surface area contributed by atoms with Gasteiger partial charge in [0.15, 0.2) is 12.4 Å². The average molecular weight is 1210 g/mol. The van der Waals surface area contributed by atoms with Gasteiger partial charge in [-0.05, 0) is 122 Å². The Bertz CT molecular complexity index is 1930. The van der Waals surface area contributed by atoms with Gasteiger partial charge in [0.2, 0.25) is 5.91 Å². The molecule has 0 aromatic carbocycles. The van der Waals surface area contributed by atoms with Crippen LogP contribution in [-0.4, -0.2) is 99.6 Å². The van der Waals surface area contributed by atoms with Gasteiger partial charge in [0.1, 0.15) is 24.4 Å². The number of carbonyl (C=O) groups excluding carboxylic acids is 2. The summed E-state index contributed by atoms with van der Waals surface area (Å²) in [4.78, 5) is 26.7. The molecular formula is C76H127NO10. The van der Waals surface area contributed by atoms with Crippen molar-refractivity contribution in [1.82, 2.24) is 5.32 Å². The van der Waals surface area contributed by atoms with Crippen LogP contribution in [0, 0.1) is 0 Å². The molecule has 1 aliphatic rings. The van der Waals surface area contributed by atoms with Crippen LogP contribution in [-0.2, 0) is 23.8 Å². The average Bonchev–Trinajstić information content (AvgIpc) is 2.32. The highest BCUT2D eigenvalue weighted by atomic mass is 16.7. The molecule has 87 heavy (non-hydrogen) atoms. The number of nitrogens with one attached hydrogen (secondary N) is 1. The second-order valence-electron chi connectivity index (χ2n) is 23.5. The molecule has 1 heterocycles. The van der Waals surface area contributed by atoms with Gasteiger partial charge < -0.3 is 45.1 Å². The summed E-state index contributed by atoms with van der Waals surface area (Å²) in [5, 5.41) is 57.2. The third kappa shape index (κ3) is 49.3. The van der Waals surface area contributed by atoms with Crippen LogP contribution in [0.25, 0.3) is 0 Å². The van der Waals surface area contributed by atoms with E-state index in [0.29, 0.717) is 12.8 Å². The smallest absolute Gasteiger partial charge is 0.306 e. The van der Waals surface area contributed by atoms with Crippen molar-refractivity contribution in [3.8, 4) is 0 Å². The van der Waals surface area contributed by atoms with E-state index in [-0.39, 0.29) is 19.4 Å². The second kappa shape index (κ2) is 62.0. The summed E-state index contributed by atoms with van der Waals surface area (Å²) in [5.41, 5.74) is 0. The highest BCUT2D eigenvalue weighted by Gasteiger charge is 2.47. The lowest BCUT2D eigenvalue weighted by molar-refractivity contribution is -0.305. The fraction of sp³-hybridized carbons (Fsp3) is 0.684. The van der Waals surface area contributed by atoms with Gasteiger partial charge in [-0.2, -0.15) is 0 Å². The number of esters is 1. The predicted octanol–water partition coefficient (Wildman–Crippen LogP) is 18.0. The van der Waals surface area contributed by atoms with E-state index in [4.69, 9.17) is 14.2 Å². The maximum absolute atomic E-state index is 13.5. The van der Waals surface area contributed by atoms with Crippen LogP contribution >= 0.6 is 0 Å². The van der Waals surface area contributed by atoms with Crippen LogP contribution in [0.1, 0.15) is 271 Å². The first-order chi connectivity index (χ1) is 42.7. The molecule has 8 atom stereocenters. The first-order valence-corrected chi connectivity index (χ1v) is 35.0. The monoisotopic (exact) mass is 1210 g/mol. The van der Waals surface area contributed by atoms with Crippen molar-refractivity contribution < 1.29 is 49.3 Å². The molecule has 1 fully saturated rings. The van der Waals surface area contributed by atoms with E-state index in [0.717, 1.165) is 148 Å². The van der Waals surface area contributed by atoms with Crippen molar-refractivity contribution in [1.29, 1.82) is 0 Å². The van der Waals surface area contributed by atoms with Crippen LogP contribution in [0.3, 0.4) is 0 Å². The van der Waals surface area contributed by atoms with E-state index in [2.05, 4.69) is 148 Å². The first-order valence-electron chi connectivity index (χ1n) is 35.0. The molecule has 0 radical (unpaired) electrons. The molecule has 0 aliphatic carbocycles. The standard InChI is InChI=1S/C76H127NO10/c1-4-7-10-13-16-19-22-25-27-29-31-33-35-37-39-41-43-46-49-52-55-58-61-64-71(81)87-74-73(83)72(82)70(65-78)86-76(74)85-66-67(68(79)62-59-56-53-50-47-44-24-21-18-15-12-9-6-3)77-75(84)69(80)63-60-57-54-51-48-45-42-40-38-36-34-32-30-28-26-23-20-17-14-11-8-5-2/h7,10,16-17,19-20,25-28,31-34,37-40,43,46,59,62,67-70,72-74,76,78-80,82-83H,4-6,8-9,11-15,18,21-24,29-30,35-36,41-42,44-45,47-58,60-61,63-66H2,1-3H3,(H,77,84)/b10-7-,19-16-,20-17-,27-25-,28-26-,33-31-,34-32-,39-37-,40-38-,46-43-,62-59+. The Labute approximate surface area is 531 Å². The second-order valence-corrected chi connectivity index (χ2v) is 23.5. The van der Waals surface area contributed by atoms with E-state index in [1.807, 2.05) is 6.08 Å². The minimum Gasteiger partial charge on any atom is -0.454 e. The van der Waals surface area contributed by atoms with E-state index < -0.39 is 67.4 Å². The number of hydrogen-bond acceptors (Lipinski definition) is 10. The minimum atomic E-state index is -1.64. The summed E-state index contributed by atoms with van der Waals surface area (Å²) in [6, 6.07) is -1.05. The Morgan fingerprint density at radius 2 is 0.828 bits per heavy atom. The number of ether oxygens (including phenoxy) is 3. The number of rotatable bonds is 58. The Hall–Kier alpha value is -4.20. The number of unbranched alkanes of at least 4 members (excludes halogenated alkanes) is 24. The molecule has 0 saturated carbocycles. The van der Waals surface area contributed by atoms with E-state index in [9.17, 15) is 35.1 Å². The van der Waals surface area contributed by atoms with Gasteiger partial charge in [0.05, 0.1) is 25.4 Å². The van der Waals surface area contributed by atoms with Gasteiger partial charge in [-0.25, -0.2) is 0 Å². The van der Waals surface area contributed by atoms with E-state index >= 15 is 0 Å². The van der Waals surface area contributed by atoms with Gasteiger partial charge in [0, 0.05) is 6.42 Å². The van der Waals surface area contributed by atoms with Crippen molar-refractivity contribution in [2.45, 2.75) is 320 Å². The van der Waals surface area contributed by atoms with Gasteiger partial charge in [-0.15, -0.1) is 0 Å². The van der Waals surface area contributed by atoms with Crippen molar-refractivity contribution in [3.05, 3.63) is 134 Å². The quantitative estimate of drug-likeness (QED) is 0.0195. The molecule has 8 unspecified atom stereocenters. The van der Waals surface area contributed by atoms with Crippen LogP contribution < -0.4 is 5.32 Å². The summed E-state index contributed by atoms with van der Waals surface area (Å²) in [7, 11) is 0. The van der Waals surface area contributed by atoms with Crippen LogP contribution in [0.5, 0.6) is 0 Å². The molecule has 11 nitrogen and oxygen atoms in total. The minimum absolute atomic E-state index is 0.0847. The molecule has 1 saturated heterocycles. The van der Waals surface area contributed by atoms with Gasteiger partial charge in [-0.1, -0.05) is 276 Å². The molecule has 0 aromatic heterocycles. The Morgan fingerprint density at radius 3 is 1.26 bits per heavy atom. The van der Waals surface area contributed by atoms with E-state index in [1.165, 1.54) is 77.0 Å². The van der Waals surface area contributed by atoms with Gasteiger partial charge in [0.25, 0.3) is 0 Å². The SMILES string of the molecule is CC/C=C\C/C=C\C/C=C\C/C=C\C/C=C\C/C=C\CCCCCCC(=O)OC1C(OCC(NC(=O)C(O)CCCCCCCC/C=C\C/C=C\C/C=C\C/C=C\CCCCC)C(O)/C=C/CCCCCCCCCCCCC)OC(CO)C(O)C1O. The Kier molecular flexibility index (Phi) is 57.6. The maximum Gasteiger partial charge on any atom is 0.306 e. The Morgan fingerprint density at radius 1 is 0.460 bits per heavy atom. The van der Waals surface area contributed by atoms with Crippen molar-refractivity contribution >= 4 is 11.9 Å². The molecule has 0 bridgehead atoms. The number of hydrogen-bond donors (Lipinski definition) is 6. The maximum atomic E-state index is 13.5. The predicted molar refractivity (Wildman–Crippen MR) is 365 cm³/mol. The zero-order valence-electron chi connectivity index (χ0n) is 55.1. The summed E-state index contributed by atoms with van der Waals surface area (Å²) in [5.74, 6) is -1.24. The fourth-order valence-electron chi connectivity index (χ4n) is 10.0. The molecule has 11 heteroatoms. The molecular weight excluding hydrogens is 1090 g/mol. The largest absolute Gasteiger partial charge is 0.454 e. The zero-order chi connectivity index (χ0) is 63.1. The van der Waals surface area contributed by atoms with Crippen molar-refractivity contribution in [2.24, 2.45) is 0 Å². The van der Waals surface area contributed by atoms with Crippen LogP contribution in [0.2, 0.25) is 0 Å². The number of amides is 1. The molecule has 1 rings (SSSR count). The summed E-state index contributed by atoms with van der Waals surface area (Å²) in [6.07, 6.45) is 77.6. The number of aliphatic hydroxyl groups is 5. The molecule has 496 valence electrons. The topological polar surface area (TPSA) is 175 Å². The third-order valence-corrected chi connectivity index (χ3v) is 15.5. The lowest BCUT2D eigenvalue weighted by Crippen LogP contribution is -2.61. The lowest BCUT2D eigenvalue weighted by atomic mass is 9.99. The van der Waals surface area contributed by atoms with Gasteiger partial charge >= 0.3 is 5.97 Å². The number of carbonyl (C=O) groups is 2. The lowest BCUT2D eigenvalue weighted by Gasteiger charge is -2.41. The number of aliphatic hydroxyl groups excluding tert-OH is 5. The van der Waals surface area contributed by atoms with Gasteiger partial charge in [-0.3, -0.25) is 9.59 Å². The molecule has 0 spiro atoms. The molecule has 1 aliphatic heterocycles. The van der Waals surface area contributed by atoms with E-state index in [1.54, 1.807) is 6.08 Å². The molecule has 6 N–H and O–H groups in total. The normalized spacial score (nSPS) is 19.1. The van der Waals surface area contributed by atoms with Crippen LogP contribution in [0.4, 0.5) is 0 Å². The fourth-order valence-corrected chi connectivity index (χ4v) is 10.0. The highest BCUT2D eigenvalue weighted by molar-refractivity contribution is 5.80.